The number of hydrogen-bond donors (Lipinski definition) is 2. The summed E-state index contributed by atoms with van der Waals surface area (Å²) in [5.74, 6) is -1.25. The Hall–Kier alpha value is -3.06. The molecule has 0 saturated heterocycles. The highest BCUT2D eigenvalue weighted by Gasteiger charge is 2.04. The first kappa shape index (κ1) is 15.8. The van der Waals surface area contributed by atoms with Crippen LogP contribution in [0.4, 0.5) is 9.52 Å². The van der Waals surface area contributed by atoms with Crippen molar-refractivity contribution in [2.24, 2.45) is 5.10 Å². The van der Waals surface area contributed by atoms with Gasteiger partial charge in [-0.05, 0) is 42.0 Å². The summed E-state index contributed by atoms with van der Waals surface area (Å²) in [5, 5.41) is 15.4. The number of hydrazone groups is 1. The zero-order chi connectivity index (χ0) is 16.9. The van der Waals surface area contributed by atoms with Crippen LogP contribution in [0.25, 0.3) is 11.3 Å². The summed E-state index contributed by atoms with van der Waals surface area (Å²) >= 11 is 1.38. The van der Waals surface area contributed by atoms with Crippen molar-refractivity contribution in [3.8, 4) is 11.3 Å². The van der Waals surface area contributed by atoms with Crippen LogP contribution in [0.1, 0.15) is 15.9 Å². The number of nitrogens with zero attached hydrogens (tertiary/aromatic N) is 2. The molecule has 0 radical (unpaired) electrons. The van der Waals surface area contributed by atoms with Gasteiger partial charge >= 0.3 is 5.97 Å². The number of halogens is 1. The molecule has 3 rings (SSSR count). The molecule has 3 aromatic rings. The van der Waals surface area contributed by atoms with Crippen molar-refractivity contribution in [1.82, 2.24) is 4.98 Å². The van der Waals surface area contributed by atoms with E-state index in [1.165, 1.54) is 35.6 Å². The van der Waals surface area contributed by atoms with E-state index in [2.05, 4.69) is 15.5 Å². The molecule has 0 unspecified atom stereocenters. The van der Waals surface area contributed by atoms with Crippen molar-refractivity contribution in [2.75, 3.05) is 5.43 Å². The Morgan fingerprint density at radius 2 is 1.88 bits per heavy atom. The number of carboxylic acid groups (broad SMARTS) is 1. The third-order valence-corrected chi connectivity index (χ3v) is 3.92. The lowest BCUT2D eigenvalue weighted by Crippen LogP contribution is -1.96. The number of anilines is 1. The van der Waals surface area contributed by atoms with Crippen LogP contribution in [-0.4, -0.2) is 22.3 Å². The summed E-state index contributed by atoms with van der Waals surface area (Å²) in [6.45, 7) is 0. The largest absolute Gasteiger partial charge is 0.478 e. The van der Waals surface area contributed by atoms with Crippen molar-refractivity contribution >= 4 is 28.7 Å². The number of nitrogens with one attached hydrogen (secondary N) is 1. The number of thiazole rings is 1. The molecule has 24 heavy (non-hydrogen) atoms. The van der Waals surface area contributed by atoms with E-state index in [0.29, 0.717) is 5.13 Å². The summed E-state index contributed by atoms with van der Waals surface area (Å²) in [4.78, 5) is 15.1. The van der Waals surface area contributed by atoms with Crippen LogP contribution < -0.4 is 5.43 Å². The molecular weight excluding hydrogens is 329 g/mol. The zero-order valence-electron chi connectivity index (χ0n) is 12.3. The Labute approximate surface area is 141 Å². The number of rotatable bonds is 5. The smallest absolute Gasteiger partial charge is 0.335 e. The van der Waals surface area contributed by atoms with Crippen molar-refractivity contribution < 1.29 is 14.3 Å². The van der Waals surface area contributed by atoms with Crippen molar-refractivity contribution in [2.45, 2.75) is 0 Å². The minimum Gasteiger partial charge on any atom is -0.478 e. The third kappa shape index (κ3) is 3.82. The molecule has 0 amide bonds. The Morgan fingerprint density at radius 3 is 2.54 bits per heavy atom. The van der Waals surface area contributed by atoms with Crippen molar-refractivity contribution in [3.63, 3.8) is 0 Å². The molecular formula is C17H12FN3O2S. The van der Waals surface area contributed by atoms with Crippen LogP contribution >= 0.6 is 11.3 Å². The minimum atomic E-state index is -0.965. The number of benzene rings is 2. The summed E-state index contributed by atoms with van der Waals surface area (Å²) < 4.78 is 12.9. The lowest BCUT2D eigenvalue weighted by molar-refractivity contribution is 0.0697. The van der Waals surface area contributed by atoms with Gasteiger partial charge in [0, 0.05) is 10.9 Å². The van der Waals surface area contributed by atoms with Crippen molar-refractivity contribution in [1.29, 1.82) is 0 Å². The monoisotopic (exact) mass is 341 g/mol. The van der Waals surface area contributed by atoms with E-state index in [9.17, 15) is 9.18 Å². The fourth-order valence-electron chi connectivity index (χ4n) is 1.95. The van der Waals surface area contributed by atoms with Gasteiger partial charge in [0.1, 0.15) is 5.82 Å². The van der Waals surface area contributed by atoms with E-state index in [1.807, 2.05) is 5.38 Å². The second-order valence-corrected chi connectivity index (χ2v) is 5.70. The first-order valence-electron chi connectivity index (χ1n) is 6.96. The lowest BCUT2D eigenvalue weighted by atomic mass is 10.1. The molecule has 1 aromatic heterocycles. The van der Waals surface area contributed by atoms with Gasteiger partial charge in [-0.2, -0.15) is 5.10 Å². The van der Waals surface area contributed by atoms with Crippen LogP contribution in [0.3, 0.4) is 0 Å². The van der Waals surface area contributed by atoms with E-state index in [-0.39, 0.29) is 11.4 Å². The van der Waals surface area contributed by atoms with Crippen LogP contribution in [0.15, 0.2) is 59.0 Å². The molecule has 7 heteroatoms. The molecule has 2 N–H and O–H groups in total. The molecule has 0 atom stereocenters. The minimum absolute atomic E-state index is 0.226. The highest BCUT2D eigenvalue weighted by molar-refractivity contribution is 7.14. The highest BCUT2D eigenvalue weighted by atomic mass is 32.1. The molecule has 0 bridgehead atoms. The molecule has 5 nitrogen and oxygen atoms in total. The average molecular weight is 341 g/mol. The first-order chi connectivity index (χ1) is 11.6. The van der Waals surface area contributed by atoms with Crippen molar-refractivity contribution in [3.05, 3.63) is 70.9 Å². The van der Waals surface area contributed by atoms with Gasteiger partial charge in [0.2, 0.25) is 5.13 Å². The maximum atomic E-state index is 12.9. The number of hydrogen-bond acceptors (Lipinski definition) is 5. The predicted octanol–water partition coefficient (Wildman–Crippen LogP) is 4.09. The lowest BCUT2D eigenvalue weighted by Gasteiger charge is -1.97. The van der Waals surface area contributed by atoms with Gasteiger partial charge in [-0.25, -0.2) is 14.2 Å². The second-order valence-electron chi connectivity index (χ2n) is 4.84. The zero-order valence-corrected chi connectivity index (χ0v) is 13.1. The van der Waals surface area contributed by atoms with Gasteiger partial charge in [-0.15, -0.1) is 11.3 Å². The van der Waals surface area contributed by atoms with Crippen LogP contribution in [-0.2, 0) is 0 Å². The maximum Gasteiger partial charge on any atom is 0.335 e. The molecule has 0 aliphatic heterocycles. The van der Waals surface area contributed by atoms with Crippen LogP contribution in [0, 0.1) is 5.82 Å². The van der Waals surface area contributed by atoms with E-state index < -0.39 is 5.97 Å². The highest BCUT2D eigenvalue weighted by Crippen LogP contribution is 2.24. The fourth-order valence-corrected chi connectivity index (χ4v) is 2.62. The standard InChI is InChI=1S/C17H12FN3O2S/c18-14-7-5-12(6-8-14)15-10-24-17(20-15)21-19-9-11-1-3-13(4-2-11)16(22)23/h1-10H,(H,20,21)(H,22,23)/b19-9-. The van der Waals surface area contributed by atoms with Gasteiger partial charge in [-0.1, -0.05) is 12.1 Å². The number of carboxylic acids is 1. The third-order valence-electron chi connectivity index (χ3n) is 3.18. The molecule has 120 valence electrons. The van der Waals surface area contributed by atoms with E-state index in [0.717, 1.165) is 16.8 Å². The molecule has 0 spiro atoms. The average Bonchev–Trinajstić information content (AvgIpc) is 3.05. The van der Waals surface area contributed by atoms with Gasteiger partial charge in [-0.3, -0.25) is 5.43 Å². The Bertz CT molecular complexity index is 874. The van der Waals surface area contributed by atoms with Gasteiger partial charge < -0.3 is 5.11 Å². The molecule has 0 aliphatic carbocycles. The summed E-state index contributed by atoms with van der Waals surface area (Å²) in [5.41, 5.74) is 5.38. The van der Waals surface area contributed by atoms with Gasteiger partial charge in [0.05, 0.1) is 17.5 Å². The molecule has 0 aliphatic rings. The second kappa shape index (κ2) is 7.01. The van der Waals surface area contributed by atoms with Gasteiger partial charge in [0.25, 0.3) is 0 Å². The SMILES string of the molecule is O=C(O)c1ccc(/C=N\Nc2nc(-c3ccc(F)cc3)cs2)cc1. The predicted molar refractivity (Wildman–Crippen MR) is 92.1 cm³/mol. The number of aromatic carboxylic acids is 1. The van der Waals surface area contributed by atoms with Crippen LogP contribution in [0.5, 0.6) is 0 Å². The van der Waals surface area contributed by atoms with Crippen LogP contribution in [0.2, 0.25) is 0 Å². The number of carbonyl (C=O) groups is 1. The molecule has 0 saturated carbocycles. The maximum absolute atomic E-state index is 12.9. The van der Waals surface area contributed by atoms with E-state index in [1.54, 1.807) is 30.5 Å². The van der Waals surface area contributed by atoms with Gasteiger partial charge in [0.15, 0.2) is 0 Å². The molecule has 0 fully saturated rings. The van der Waals surface area contributed by atoms with E-state index in [4.69, 9.17) is 5.11 Å². The number of aromatic nitrogens is 1. The Morgan fingerprint density at radius 1 is 1.17 bits per heavy atom. The Balaban J connectivity index is 1.64. The first-order valence-corrected chi connectivity index (χ1v) is 7.84. The fraction of sp³-hybridized carbons (Fsp3) is 0. The Kier molecular flexibility index (Phi) is 4.62. The summed E-state index contributed by atoms with van der Waals surface area (Å²) in [6, 6.07) is 12.5. The summed E-state index contributed by atoms with van der Waals surface area (Å²) in [7, 11) is 0. The normalized spacial score (nSPS) is 10.9. The molecule has 1 heterocycles. The summed E-state index contributed by atoms with van der Waals surface area (Å²) in [6.07, 6.45) is 1.57. The molecule has 2 aromatic carbocycles. The quantitative estimate of drug-likeness (QED) is 0.541. The van der Waals surface area contributed by atoms with E-state index >= 15 is 0 Å². The topological polar surface area (TPSA) is 74.6 Å².